The number of anilines is 1. The molecule has 1 saturated heterocycles. The van der Waals surface area contributed by atoms with Crippen LogP contribution in [0.2, 0.25) is 0 Å². The first-order valence-electron chi connectivity index (χ1n) is 12.3. The summed E-state index contributed by atoms with van der Waals surface area (Å²) in [6, 6.07) is 7.64. The van der Waals surface area contributed by atoms with Gasteiger partial charge in [0.1, 0.15) is 12.2 Å². The number of rotatable bonds is 10. The third-order valence-corrected chi connectivity index (χ3v) is 6.56. The Morgan fingerprint density at radius 3 is 2.38 bits per heavy atom. The van der Waals surface area contributed by atoms with E-state index in [0.29, 0.717) is 6.54 Å². The summed E-state index contributed by atoms with van der Waals surface area (Å²) in [7, 11) is 0. The van der Waals surface area contributed by atoms with Gasteiger partial charge in [0, 0.05) is 36.7 Å². The average molecular weight is 473 g/mol. The molecule has 0 bridgehead atoms. The second-order valence-electron chi connectivity index (χ2n) is 10.2. The highest BCUT2D eigenvalue weighted by Gasteiger charge is 2.40. The molecule has 8 heteroatoms. The van der Waals surface area contributed by atoms with Crippen LogP contribution < -0.4 is 5.32 Å². The third-order valence-electron chi connectivity index (χ3n) is 6.56. The number of aromatic nitrogens is 2. The van der Waals surface area contributed by atoms with Crippen molar-refractivity contribution in [2.24, 2.45) is 0 Å². The number of likely N-dealkylation sites (tertiary alicyclic amines) is 1. The molecule has 1 aliphatic rings. The standard InChI is InChI=1S/C26H40N4O4/c1-26(2,3)19-15-18(25-28-12-8-13-29-25)9-10-20(19)27-11-6-4-5-7-14-30-16-22(32)24(34)23(33)21(30)17-31/h8-10,12-13,15,21-24,27,31-34H,4-7,11,14,16-17H2,1-3H3/t21-,22+,23-,24-/m1/s1. The lowest BCUT2D eigenvalue weighted by atomic mass is 9.84. The van der Waals surface area contributed by atoms with E-state index in [0.717, 1.165) is 49.3 Å². The Hall–Kier alpha value is -2.10. The van der Waals surface area contributed by atoms with Crippen LogP contribution >= 0.6 is 0 Å². The van der Waals surface area contributed by atoms with E-state index in [4.69, 9.17) is 0 Å². The minimum Gasteiger partial charge on any atom is -0.395 e. The van der Waals surface area contributed by atoms with Crippen LogP contribution in [0, 0.1) is 0 Å². The van der Waals surface area contributed by atoms with Crippen molar-refractivity contribution in [3.63, 3.8) is 0 Å². The van der Waals surface area contributed by atoms with E-state index >= 15 is 0 Å². The van der Waals surface area contributed by atoms with Crippen molar-refractivity contribution in [1.29, 1.82) is 0 Å². The van der Waals surface area contributed by atoms with Crippen LogP contribution in [0.25, 0.3) is 11.4 Å². The fourth-order valence-corrected chi connectivity index (χ4v) is 4.56. The number of hydrogen-bond acceptors (Lipinski definition) is 8. The maximum Gasteiger partial charge on any atom is 0.159 e. The van der Waals surface area contributed by atoms with Crippen LogP contribution in [0.3, 0.4) is 0 Å². The van der Waals surface area contributed by atoms with Gasteiger partial charge in [0.25, 0.3) is 0 Å². The molecule has 0 spiro atoms. The second-order valence-corrected chi connectivity index (χ2v) is 10.2. The Bertz CT molecular complexity index is 890. The number of aliphatic hydroxyl groups excluding tert-OH is 4. The topological polar surface area (TPSA) is 122 Å². The molecule has 0 aliphatic carbocycles. The quantitative estimate of drug-likeness (QED) is 0.334. The SMILES string of the molecule is CC(C)(C)c1cc(-c2ncccn2)ccc1NCCCCCCN1C[C@H](O)[C@@H](O)[C@H](O)[C@H]1CO. The summed E-state index contributed by atoms with van der Waals surface area (Å²) in [5.41, 5.74) is 3.36. The Morgan fingerprint density at radius 2 is 1.71 bits per heavy atom. The molecule has 8 nitrogen and oxygen atoms in total. The van der Waals surface area contributed by atoms with Crippen LogP contribution in [-0.2, 0) is 5.41 Å². The molecule has 0 unspecified atom stereocenters. The van der Waals surface area contributed by atoms with E-state index in [2.05, 4.69) is 54.3 Å². The first-order chi connectivity index (χ1) is 16.2. The molecule has 4 atom stereocenters. The Kier molecular flexibility index (Phi) is 9.39. The van der Waals surface area contributed by atoms with Gasteiger partial charge in [0.15, 0.2) is 5.82 Å². The molecule has 5 N–H and O–H groups in total. The van der Waals surface area contributed by atoms with Crippen molar-refractivity contribution >= 4 is 5.69 Å². The number of nitrogens with one attached hydrogen (secondary N) is 1. The van der Waals surface area contributed by atoms with Crippen molar-refractivity contribution in [1.82, 2.24) is 14.9 Å². The van der Waals surface area contributed by atoms with Gasteiger partial charge in [0.2, 0.25) is 0 Å². The van der Waals surface area contributed by atoms with Crippen LogP contribution in [0.1, 0.15) is 52.0 Å². The van der Waals surface area contributed by atoms with Crippen LogP contribution in [-0.4, -0.2) is 85.9 Å². The predicted octanol–water partition coefficient (Wildman–Crippen LogP) is 2.17. The minimum atomic E-state index is -1.20. The minimum absolute atomic E-state index is 0.0203. The van der Waals surface area contributed by atoms with Gasteiger partial charge in [-0.05, 0) is 54.6 Å². The van der Waals surface area contributed by atoms with Crippen LogP contribution in [0.5, 0.6) is 0 Å². The number of aliphatic hydroxyl groups is 4. The van der Waals surface area contributed by atoms with Crippen LogP contribution in [0.15, 0.2) is 36.7 Å². The first kappa shape index (κ1) is 26.5. The molecule has 3 rings (SSSR count). The van der Waals surface area contributed by atoms with Crippen molar-refractivity contribution in [2.75, 3.05) is 31.6 Å². The van der Waals surface area contributed by atoms with E-state index < -0.39 is 24.4 Å². The molecule has 188 valence electrons. The number of β-amino-alcohol motifs (C(OH)–C–C–N with tert-alkyl or cyclic N) is 1. The molecule has 2 heterocycles. The molecule has 0 saturated carbocycles. The summed E-state index contributed by atoms with van der Waals surface area (Å²) in [5.74, 6) is 0.728. The predicted molar refractivity (Wildman–Crippen MR) is 134 cm³/mol. The van der Waals surface area contributed by atoms with E-state index in [1.165, 1.54) is 5.56 Å². The summed E-state index contributed by atoms with van der Waals surface area (Å²) in [6.45, 7) is 8.20. The van der Waals surface area contributed by atoms with E-state index in [-0.39, 0.29) is 18.6 Å². The molecule has 0 radical (unpaired) electrons. The zero-order valence-electron chi connectivity index (χ0n) is 20.6. The van der Waals surface area contributed by atoms with Gasteiger partial charge in [-0.2, -0.15) is 0 Å². The number of hydrogen-bond donors (Lipinski definition) is 5. The van der Waals surface area contributed by atoms with Crippen molar-refractivity contribution in [2.45, 2.75) is 76.2 Å². The molecule has 34 heavy (non-hydrogen) atoms. The summed E-state index contributed by atoms with van der Waals surface area (Å²) in [4.78, 5) is 10.6. The van der Waals surface area contributed by atoms with Crippen molar-refractivity contribution < 1.29 is 20.4 Å². The molecule has 2 aromatic rings. The summed E-state index contributed by atoms with van der Waals surface area (Å²) < 4.78 is 0. The number of benzene rings is 1. The van der Waals surface area contributed by atoms with Gasteiger partial charge in [-0.3, -0.25) is 4.90 Å². The largest absolute Gasteiger partial charge is 0.395 e. The van der Waals surface area contributed by atoms with Gasteiger partial charge in [-0.15, -0.1) is 0 Å². The molecule has 0 amide bonds. The van der Waals surface area contributed by atoms with Gasteiger partial charge < -0.3 is 25.7 Å². The molecular formula is C26H40N4O4. The normalized spacial score (nSPS) is 23.7. The monoisotopic (exact) mass is 472 g/mol. The fraction of sp³-hybridized carbons (Fsp3) is 0.615. The van der Waals surface area contributed by atoms with E-state index in [1.807, 2.05) is 11.0 Å². The summed E-state index contributed by atoms with van der Waals surface area (Å²) in [6.07, 6.45) is 4.20. The maximum absolute atomic E-state index is 10.1. The zero-order valence-corrected chi connectivity index (χ0v) is 20.6. The van der Waals surface area contributed by atoms with E-state index in [9.17, 15) is 20.4 Å². The lowest BCUT2D eigenvalue weighted by Gasteiger charge is -2.43. The Labute approximate surface area is 202 Å². The third kappa shape index (κ3) is 6.73. The highest BCUT2D eigenvalue weighted by molar-refractivity contribution is 5.65. The smallest absolute Gasteiger partial charge is 0.159 e. The Balaban J connectivity index is 1.46. The number of piperidine rings is 1. The van der Waals surface area contributed by atoms with Crippen molar-refractivity contribution in [3.8, 4) is 11.4 Å². The molecule has 1 aliphatic heterocycles. The zero-order chi connectivity index (χ0) is 24.7. The fourth-order valence-electron chi connectivity index (χ4n) is 4.56. The molecule has 1 aromatic heterocycles. The lowest BCUT2D eigenvalue weighted by Crippen LogP contribution is -2.62. The lowest BCUT2D eigenvalue weighted by molar-refractivity contribution is -0.145. The first-order valence-corrected chi connectivity index (χ1v) is 12.3. The highest BCUT2D eigenvalue weighted by Crippen LogP contribution is 2.33. The Morgan fingerprint density at radius 1 is 1.00 bits per heavy atom. The molecule has 1 fully saturated rings. The van der Waals surface area contributed by atoms with Crippen molar-refractivity contribution in [3.05, 3.63) is 42.2 Å². The van der Waals surface area contributed by atoms with Gasteiger partial charge in [0.05, 0.1) is 18.8 Å². The van der Waals surface area contributed by atoms with E-state index in [1.54, 1.807) is 12.4 Å². The number of unbranched alkanes of at least 4 members (excludes halogenated alkanes) is 3. The summed E-state index contributed by atoms with van der Waals surface area (Å²) in [5, 5.41) is 43.0. The van der Waals surface area contributed by atoms with Crippen LogP contribution in [0.4, 0.5) is 5.69 Å². The molecular weight excluding hydrogens is 432 g/mol. The second kappa shape index (κ2) is 12.0. The van der Waals surface area contributed by atoms with Gasteiger partial charge in [-0.25, -0.2) is 9.97 Å². The maximum atomic E-state index is 10.1. The van der Waals surface area contributed by atoms with Gasteiger partial charge in [-0.1, -0.05) is 33.6 Å². The number of nitrogens with zero attached hydrogens (tertiary/aromatic N) is 3. The van der Waals surface area contributed by atoms with Gasteiger partial charge >= 0.3 is 0 Å². The summed E-state index contributed by atoms with van der Waals surface area (Å²) >= 11 is 0. The average Bonchev–Trinajstić information content (AvgIpc) is 2.82. The highest BCUT2D eigenvalue weighted by atomic mass is 16.4. The molecule has 1 aromatic carbocycles.